The normalized spacial score (nSPS) is 15.7. The molecule has 0 radical (unpaired) electrons. The average molecular weight is 469 g/mol. The highest BCUT2D eigenvalue weighted by atomic mass is 35.5. The van der Waals surface area contributed by atoms with Crippen molar-refractivity contribution in [3.63, 3.8) is 0 Å². The van der Waals surface area contributed by atoms with Gasteiger partial charge >= 0.3 is 18.2 Å². The summed E-state index contributed by atoms with van der Waals surface area (Å²) in [6.07, 6.45) is -3.79. The molecule has 1 saturated heterocycles. The van der Waals surface area contributed by atoms with Crippen molar-refractivity contribution >= 4 is 47.2 Å². The van der Waals surface area contributed by atoms with Gasteiger partial charge in [0.1, 0.15) is 16.9 Å². The third-order valence-electron chi connectivity index (χ3n) is 4.38. The molecule has 0 atom stereocenters. The fourth-order valence-corrected chi connectivity index (χ4v) is 3.09. The van der Waals surface area contributed by atoms with Crippen LogP contribution in [0.5, 0.6) is 5.75 Å². The topological polar surface area (TPSA) is 113 Å². The molecule has 32 heavy (non-hydrogen) atoms. The number of benzene rings is 2. The Morgan fingerprint density at radius 1 is 1.16 bits per heavy atom. The summed E-state index contributed by atoms with van der Waals surface area (Å²) in [4.78, 5) is 49.1. The summed E-state index contributed by atoms with van der Waals surface area (Å²) in [5.74, 6) is -3.68. The van der Waals surface area contributed by atoms with E-state index in [9.17, 15) is 37.5 Å². The Balaban J connectivity index is 2.09. The molecule has 2 aromatic carbocycles. The highest BCUT2D eigenvalue weighted by Gasteiger charge is 2.39. The molecule has 12 heteroatoms. The summed E-state index contributed by atoms with van der Waals surface area (Å²) < 4.78 is 44.2. The minimum absolute atomic E-state index is 0.0200. The number of carbonyl (C=O) groups excluding carboxylic acids is 3. The van der Waals surface area contributed by atoms with E-state index in [-0.39, 0.29) is 21.9 Å². The van der Waals surface area contributed by atoms with Crippen molar-refractivity contribution < 1.29 is 42.2 Å². The van der Waals surface area contributed by atoms with E-state index < -0.39 is 46.8 Å². The van der Waals surface area contributed by atoms with E-state index in [1.165, 1.54) is 19.2 Å². The van der Waals surface area contributed by atoms with Gasteiger partial charge in [0.25, 0.3) is 11.8 Å². The Morgan fingerprint density at radius 3 is 2.44 bits per heavy atom. The SMILES string of the molecule is COc1ccc(/C=C2/C(=O)NC(=O)N(c3cc(C(F)(F)F)ccc3Cl)C2=O)cc1C(=O)O. The molecule has 3 rings (SSSR count). The Morgan fingerprint density at radius 2 is 1.84 bits per heavy atom. The summed E-state index contributed by atoms with van der Waals surface area (Å²) in [5, 5.41) is 10.8. The first-order valence-corrected chi connectivity index (χ1v) is 9.01. The van der Waals surface area contributed by atoms with Crippen molar-refractivity contribution in [2.75, 3.05) is 12.0 Å². The van der Waals surface area contributed by atoms with Crippen molar-refractivity contribution in [3.8, 4) is 5.75 Å². The van der Waals surface area contributed by atoms with E-state index in [0.29, 0.717) is 17.0 Å². The first-order chi connectivity index (χ1) is 14.9. The molecule has 0 saturated carbocycles. The van der Waals surface area contributed by atoms with Gasteiger partial charge in [-0.05, 0) is 42.0 Å². The predicted molar refractivity (Wildman–Crippen MR) is 105 cm³/mol. The van der Waals surface area contributed by atoms with Gasteiger partial charge in [0, 0.05) is 0 Å². The molecule has 0 bridgehead atoms. The van der Waals surface area contributed by atoms with Gasteiger partial charge in [-0.2, -0.15) is 13.2 Å². The molecule has 2 aromatic rings. The van der Waals surface area contributed by atoms with Crippen LogP contribution in [0.4, 0.5) is 23.7 Å². The summed E-state index contributed by atoms with van der Waals surface area (Å²) in [7, 11) is 1.25. The lowest BCUT2D eigenvalue weighted by atomic mass is 10.0. The number of imide groups is 2. The van der Waals surface area contributed by atoms with Crippen LogP contribution in [0.3, 0.4) is 0 Å². The van der Waals surface area contributed by atoms with Crippen LogP contribution in [-0.2, 0) is 15.8 Å². The largest absolute Gasteiger partial charge is 0.496 e. The summed E-state index contributed by atoms with van der Waals surface area (Å²) >= 11 is 5.92. The second kappa shape index (κ2) is 8.35. The molecular weight excluding hydrogens is 457 g/mol. The Bertz CT molecular complexity index is 1190. The number of carbonyl (C=O) groups is 4. The monoisotopic (exact) mass is 468 g/mol. The Labute approximate surface area is 182 Å². The maximum absolute atomic E-state index is 13.1. The molecule has 8 nitrogen and oxygen atoms in total. The van der Waals surface area contributed by atoms with Crippen LogP contribution in [0.15, 0.2) is 42.0 Å². The maximum Gasteiger partial charge on any atom is 0.416 e. The van der Waals surface area contributed by atoms with Gasteiger partial charge in [0.2, 0.25) is 0 Å². The van der Waals surface area contributed by atoms with E-state index in [4.69, 9.17) is 16.3 Å². The summed E-state index contributed by atoms with van der Waals surface area (Å²) in [6.45, 7) is 0. The lowest BCUT2D eigenvalue weighted by Crippen LogP contribution is -2.54. The minimum atomic E-state index is -4.78. The highest BCUT2D eigenvalue weighted by Crippen LogP contribution is 2.36. The molecule has 0 spiro atoms. The smallest absolute Gasteiger partial charge is 0.416 e. The van der Waals surface area contributed by atoms with Crippen LogP contribution >= 0.6 is 11.6 Å². The van der Waals surface area contributed by atoms with Gasteiger partial charge in [0.15, 0.2) is 0 Å². The van der Waals surface area contributed by atoms with Crippen LogP contribution < -0.4 is 15.0 Å². The van der Waals surface area contributed by atoms with Gasteiger partial charge in [-0.15, -0.1) is 0 Å². The number of nitrogens with one attached hydrogen (secondary N) is 1. The number of carboxylic acids is 1. The molecule has 166 valence electrons. The molecule has 1 aliphatic rings. The first kappa shape index (κ1) is 22.8. The number of urea groups is 1. The summed E-state index contributed by atoms with van der Waals surface area (Å²) in [5.41, 5.74) is -2.55. The van der Waals surface area contributed by atoms with Crippen molar-refractivity contribution in [1.82, 2.24) is 5.32 Å². The van der Waals surface area contributed by atoms with E-state index in [2.05, 4.69) is 0 Å². The number of halogens is 4. The second-order valence-electron chi connectivity index (χ2n) is 6.39. The molecule has 4 amide bonds. The van der Waals surface area contributed by atoms with Gasteiger partial charge in [0.05, 0.1) is 23.4 Å². The quantitative estimate of drug-likeness (QED) is 0.522. The Kier molecular flexibility index (Phi) is 5.95. The second-order valence-corrected chi connectivity index (χ2v) is 6.79. The summed E-state index contributed by atoms with van der Waals surface area (Å²) in [6, 6.07) is 4.49. The minimum Gasteiger partial charge on any atom is -0.496 e. The number of aromatic carboxylic acids is 1. The van der Waals surface area contributed by atoms with Crippen LogP contribution in [0.2, 0.25) is 5.02 Å². The average Bonchev–Trinajstić information content (AvgIpc) is 2.71. The van der Waals surface area contributed by atoms with Crippen molar-refractivity contribution in [2.45, 2.75) is 6.18 Å². The lowest BCUT2D eigenvalue weighted by Gasteiger charge is -2.27. The molecule has 1 heterocycles. The van der Waals surface area contributed by atoms with Crippen molar-refractivity contribution in [2.24, 2.45) is 0 Å². The van der Waals surface area contributed by atoms with Crippen LogP contribution in [-0.4, -0.2) is 36.0 Å². The molecule has 0 unspecified atom stereocenters. The van der Waals surface area contributed by atoms with Crippen molar-refractivity contribution in [3.05, 3.63) is 63.7 Å². The standard InChI is InChI=1S/C20H12ClF3N2O6/c1-32-15-5-2-9(6-11(15)18(29)30)7-12-16(27)25-19(31)26(17(12)28)14-8-10(20(22,23)24)3-4-13(14)21/h2-8H,1H3,(H,29,30)(H,25,27,31)/b12-7-. The molecule has 0 aliphatic carbocycles. The predicted octanol–water partition coefficient (Wildman–Crippen LogP) is 3.73. The van der Waals surface area contributed by atoms with Gasteiger partial charge in [-0.1, -0.05) is 17.7 Å². The zero-order valence-electron chi connectivity index (χ0n) is 16.0. The Hall–Kier alpha value is -3.86. The van der Waals surface area contributed by atoms with Crippen LogP contribution in [0.1, 0.15) is 21.5 Å². The van der Waals surface area contributed by atoms with Gasteiger partial charge < -0.3 is 9.84 Å². The first-order valence-electron chi connectivity index (χ1n) is 8.63. The van der Waals surface area contributed by atoms with E-state index in [1.807, 2.05) is 5.32 Å². The van der Waals surface area contributed by atoms with E-state index in [1.54, 1.807) is 0 Å². The number of hydrogen-bond donors (Lipinski definition) is 2. The number of carboxylic acid groups (broad SMARTS) is 1. The molecule has 1 fully saturated rings. The lowest BCUT2D eigenvalue weighted by molar-refractivity contribution is -0.137. The zero-order chi connectivity index (χ0) is 23.8. The van der Waals surface area contributed by atoms with Crippen LogP contribution in [0.25, 0.3) is 6.08 Å². The number of hydrogen-bond acceptors (Lipinski definition) is 5. The zero-order valence-corrected chi connectivity index (χ0v) is 16.7. The number of alkyl halides is 3. The number of amides is 4. The maximum atomic E-state index is 13.1. The number of barbiturate groups is 1. The highest BCUT2D eigenvalue weighted by molar-refractivity contribution is 6.42. The van der Waals surface area contributed by atoms with E-state index >= 15 is 0 Å². The third kappa shape index (κ3) is 4.28. The number of ether oxygens (including phenoxy) is 1. The molecule has 2 N–H and O–H groups in total. The number of nitrogens with zero attached hydrogens (tertiary/aromatic N) is 1. The van der Waals surface area contributed by atoms with E-state index in [0.717, 1.165) is 18.2 Å². The number of anilines is 1. The van der Waals surface area contributed by atoms with Crippen LogP contribution in [0, 0.1) is 0 Å². The number of methoxy groups -OCH3 is 1. The number of rotatable bonds is 4. The molecular formula is C20H12ClF3N2O6. The molecule has 0 aromatic heterocycles. The fourth-order valence-electron chi connectivity index (χ4n) is 2.89. The molecule has 1 aliphatic heterocycles. The fraction of sp³-hybridized carbons (Fsp3) is 0.100. The third-order valence-corrected chi connectivity index (χ3v) is 4.70. The van der Waals surface area contributed by atoms with Gasteiger partial charge in [-0.3, -0.25) is 14.9 Å². The van der Waals surface area contributed by atoms with Crippen molar-refractivity contribution in [1.29, 1.82) is 0 Å². The van der Waals surface area contributed by atoms with Gasteiger partial charge in [-0.25, -0.2) is 14.5 Å².